The lowest BCUT2D eigenvalue weighted by molar-refractivity contribution is -0.133. The lowest BCUT2D eigenvalue weighted by atomic mass is 9.82. The highest BCUT2D eigenvalue weighted by Crippen LogP contribution is 2.27. The number of hydrogen-bond donors (Lipinski definition) is 2. The van der Waals surface area contributed by atoms with E-state index in [0.29, 0.717) is 24.8 Å². The summed E-state index contributed by atoms with van der Waals surface area (Å²) >= 11 is 0. The van der Waals surface area contributed by atoms with E-state index >= 15 is 0 Å². The topological polar surface area (TPSA) is 75.8 Å². The maximum Gasteiger partial charge on any atom is 0.260 e. The van der Waals surface area contributed by atoms with Gasteiger partial charge in [-0.2, -0.15) is 0 Å². The number of rotatable bonds is 6. The molecule has 0 aliphatic heterocycles. The van der Waals surface area contributed by atoms with Crippen LogP contribution < -0.4 is 10.5 Å². The highest BCUT2D eigenvalue weighted by Gasteiger charge is 2.29. The van der Waals surface area contributed by atoms with Gasteiger partial charge in [0.15, 0.2) is 6.61 Å². The molecule has 20 heavy (non-hydrogen) atoms. The molecule has 1 aliphatic carbocycles. The second-order valence-electron chi connectivity index (χ2n) is 5.40. The molecular formula is C15H22N2O3. The molecule has 0 bridgehead atoms. The molecule has 1 amide bonds. The Kier molecular flexibility index (Phi) is 4.98. The van der Waals surface area contributed by atoms with Crippen molar-refractivity contribution in [1.82, 2.24) is 4.90 Å². The number of carbonyl (C=O) groups is 1. The van der Waals surface area contributed by atoms with Crippen LogP contribution in [0.3, 0.4) is 0 Å². The van der Waals surface area contributed by atoms with Crippen LogP contribution in [0.5, 0.6) is 5.75 Å². The molecule has 5 nitrogen and oxygen atoms in total. The number of ether oxygens (including phenoxy) is 1. The van der Waals surface area contributed by atoms with E-state index in [1.54, 1.807) is 11.9 Å². The van der Waals surface area contributed by atoms with Crippen LogP contribution >= 0.6 is 0 Å². The zero-order chi connectivity index (χ0) is 14.5. The van der Waals surface area contributed by atoms with Crippen molar-refractivity contribution in [3.05, 3.63) is 29.8 Å². The molecule has 2 rings (SSSR count). The normalized spacial score (nSPS) is 21.1. The number of amides is 1. The Balaban J connectivity index is 1.73. The highest BCUT2D eigenvalue weighted by atomic mass is 16.5. The van der Waals surface area contributed by atoms with Gasteiger partial charge in [-0.25, -0.2) is 0 Å². The van der Waals surface area contributed by atoms with Crippen LogP contribution in [-0.4, -0.2) is 42.2 Å². The smallest absolute Gasteiger partial charge is 0.260 e. The second kappa shape index (κ2) is 6.72. The van der Waals surface area contributed by atoms with Crippen molar-refractivity contribution < 1.29 is 14.6 Å². The fourth-order valence-corrected chi connectivity index (χ4v) is 2.32. The monoisotopic (exact) mass is 278 g/mol. The van der Waals surface area contributed by atoms with E-state index in [9.17, 15) is 9.90 Å². The lowest BCUT2D eigenvalue weighted by Crippen LogP contribution is -2.41. The summed E-state index contributed by atoms with van der Waals surface area (Å²) in [7, 11) is 1.77. The van der Waals surface area contributed by atoms with Crippen LogP contribution in [-0.2, 0) is 11.3 Å². The van der Waals surface area contributed by atoms with E-state index in [4.69, 9.17) is 10.5 Å². The predicted molar refractivity (Wildman–Crippen MR) is 76.2 cm³/mol. The van der Waals surface area contributed by atoms with Crippen molar-refractivity contribution in [2.24, 2.45) is 11.7 Å². The third-order valence-electron chi connectivity index (χ3n) is 3.69. The van der Waals surface area contributed by atoms with Gasteiger partial charge >= 0.3 is 0 Å². The molecule has 110 valence electrons. The average Bonchev–Trinajstić information content (AvgIpc) is 2.43. The van der Waals surface area contributed by atoms with Gasteiger partial charge in [0, 0.05) is 20.1 Å². The summed E-state index contributed by atoms with van der Waals surface area (Å²) in [6.45, 7) is 1.22. The summed E-state index contributed by atoms with van der Waals surface area (Å²) in [4.78, 5) is 13.6. The Morgan fingerprint density at radius 3 is 2.60 bits per heavy atom. The molecule has 0 heterocycles. The first-order valence-electron chi connectivity index (χ1n) is 6.92. The van der Waals surface area contributed by atoms with E-state index in [-0.39, 0.29) is 18.6 Å². The van der Waals surface area contributed by atoms with Gasteiger partial charge in [0.05, 0.1) is 6.10 Å². The molecule has 0 atom stereocenters. The summed E-state index contributed by atoms with van der Waals surface area (Å²) in [6, 6.07) is 7.41. The summed E-state index contributed by atoms with van der Waals surface area (Å²) in [5.41, 5.74) is 6.55. The first-order valence-corrected chi connectivity index (χ1v) is 6.92. The molecule has 3 N–H and O–H groups in total. The van der Waals surface area contributed by atoms with Gasteiger partial charge in [0.25, 0.3) is 5.91 Å². The molecule has 0 aromatic heterocycles. The minimum absolute atomic E-state index is 0.0355. The number of aliphatic hydroxyl groups excluding tert-OH is 1. The molecule has 1 fully saturated rings. The van der Waals surface area contributed by atoms with Gasteiger partial charge < -0.3 is 20.5 Å². The minimum Gasteiger partial charge on any atom is -0.484 e. The molecule has 0 radical (unpaired) electrons. The Hall–Kier alpha value is -1.59. The highest BCUT2D eigenvalue weighted by molar-refractivity contribution is 5.77. The maximum absolute atomic E-state index is 11.9. The summed E-state index contributed by atoms with van der Waals surface area (Å²) < 4.78 is 5.46. The molecule has 1 aromatic rings. The molecule has 0 spiro atoms. The molecule has 5 heteroatoms. The van der Waals surface area contributed by atoms with Crippen LogP contribution in [0.1, 0.15) is 18.4 Å². The summed E-state index contributed by atoms with van der Waals surface area (Å²) in [5.74, 6) is 1.04. The molecule has 1 saturated carbocycles. The Morgan fingerprint density at radius 2 is 2.05 bits per heavy atom. The van der Waals surface area contributed by atoms with Crippen LogP contribution in [0.25, 0.3) is 0 Å². The van der Waals surface area contributed by atoms with Crippen molar-refractivity contribution in [1.29, 1.82) is 0 Å². The van der Waals surface area contributed by atoms with Crippen molar-refractivity contribution in [3.63, 3.8) is 0 Å². The first kappa shape index (κ1) is 14.8. The summed E-state index contributed by atoms with van der Waals surface area (Å²) in [6.07, 6.45) is 1.40. The molecular weight excluding hydrogens is 256 g/mol. The van der Waals surface area contributed by atoms with Gasteiger partial charge in [-0.05, 0) is 36.5 Å². The number of benzene rings is 1. The number of nitrogens with zero attached hydrogens (tertiary/aromatic N) is 1. The van der Waals surface area contributed by atoms with Gasteiger partial charge in [-0.1, -0.05) is 12.1 Å². The number of carbonyl (C=O) groups excluding carboxylic acids is 1. The Morgan fingerprint density at radius 1 is 1.40 bits per heavy atom. The number of nitrogens with two attached hydrogens (primary N) is 1. The van der Waals surface area contributed by atoms with Crippen LogP contribution in [0.4, 0.5) is 0 Å². The van der Waals surface area contributed by atoms with Crippen LogP contribution in [0, 0.1) is 5.92 Å². The Labute approximate surface area is 119 Å². The zero-order valence-electron chi connectivity index (χ0n) is 11.8. The Bertz CT molecular complexity index is 441. The summed E-state index contributed by atoms with van der Waals surface area (Å²) in [5, 5.41) is 9.23. The third kappa shape index (κ3) is 3.95. The number of likely N-dealkylation sites (N-methyl/N-ethyl adjacent to an activating group) is 1. The van der Waals surface area contributed by atoms with Gasteiger partial charge in [0.2, 0.25) is 0 Å². The number of aliphatic hydroxyl groups is 1. The first-order chi connectivity index (χ1) is 9.58. The van der Waals surface area contributed by atoms with Crippen molar-refractivity contribution in [2.75, 3.05) is 20.2 Å². The van der Waals surface area contributed by atoms with Gasteiger partial charge in [-0.3, -0.25) is 4.79 Å². The quantitative estimate of drug-likeness (QED) is 0.805. The average molecular weight is 278 g/mol. The van der Waals surface area contributed by atoms with Gasteiger partial charge in [0.1, 0.15) is 5.75 Å². The minimum atomic E-state index is -0.180. The molecule has 0 saturated heterocycles. The van der Waals surface area contributed by atoms with Crippen LogP contribution in [0.2, 0.25) is 0 Å². The van der Waals surface area contributed by atoms with E-state index in [1.165, 1.54) is 0 Å². The third-order valence-corrected chi connectivity index (χ3v) is 3.69. The number of hydrogen-bond acceptors (Lipinski definition) is 4. The van der Waals surface area contributed by atoms with Gasteiger partial charge in [-0.15, -0.1) is 0 Å². The van der Waals surface area contributed by atoms with Crippen molar-refractivity contribution in [2.45, 2.75) is 25.5 Å². The van der Waals surface area contributed by atoms with Crippen LogP contribution in [0.15, 0.2) is 24.3 Å². The maximum atomic E-state index is 11.9. The van der Waals surface area contributed by atoms with E-state index < -0.39 is 0 Å². The molecule has 0 unspecified atom stereocenters. The van der Waals surface area contributed by atoms with E-state index in [0.717, 1.165) is 18.4 Å². The SMILES string of the molecule is CN(CC1CC(O)C1)C(=O)COc1ccc(CN)cc1. The van der Waals surface area contributed by atoms with Crippen molar-refractivity contribution in [3.8, 4) is 5.75 Å². The molecule has 1 aliphatic rings. The lowest BCUT2D eigenvalue weighted by Gasteiger charge is -2.34. The standard InChI is InChI=1S/C15H22N2O3/c1-17(9-12-6-13(18)7-12)15(19)10-20-14-4-2-11(8-16)3-5-14/h2-5,12-13,18H,6-10,16H2,1H3. The van der Waals surface area contributed by atoms with E-state index in [2.05, 4.69) is 0 Å². The fourth-order valence-electron chi connectivity index (χ4n) is 2.32. The zero-order valence-corrected chi connectivity index (χ0v) is 11.8. The van der Waals surface area contributed by atoms with Crippen molar-refractivity contribution >= 4 is 5.91 Å². The second-order valence-corrected chi connectivity index (χ2v) is 5.40. The fraction of sp³-hybridized carbons (Fsp3) is 0.533. The molecule has 1 aromatic carbocycles. The largest absolute Gasteiger partial charge is 0.484 e. The predicted octanol–water partition coefficient (Wildman–Crippen LogP) is 0.753. The van der Waals surface area contributed by atoms with E-state index in [1.807, 2.05) is 24.3 Å².